The third-order valence-electron chi connectivity index (χ3n) is 5.84. The molecule has 0 aromatic carbocycles. The van der Waals surface area contributed by atoms with Crippen LogP contribution >= 0.6 is 11.8 Å². The minimum absolute atomic E-state index is 0.0125. The Hall–Kier alpha value is -0.460. The molecule has 132 valence electrons. The third kappa shape index (κ3) is 4.54. The highest BCUT2D eigenvalue weighted by molar-refractivity contribution is 8.00. The number of aliphatic hydroxyl groups excluding tert-OH is 1. The molecule has 3 N–H and O–H groups in total. The number of urea groups is 1. The minimum Gasteiger partial charge on any atom is -0.391 e. The molecule has 1 saturated heterocycles. The molecular formula is C17H31N3O2S. The molecule has 3 rings (SSSR count). The molecule has 23 heavy (non-hydrogen) atoms. The molecular weight excluding hydrogens is 310 g/mol. The summed E-state index contributed by atoms with van der Waals surface area (Å²) in [6, 6.07) is 0.604. The average Bonchev–Trinajstić information content (AvgIpc) is 3.35. The second kappa shape index (κ2) is 7.62. The molecule has 3 aliphatic rings. The second-order valence-electron chi connectivity index (χ2n) is 7.44. The van der Waals surface area contributed by atoms with E-state index < -0.39 is 0 Å². The van der Waals surface area contributed by atoms with E-state index in [2.05, 4.69) is 21.8 Å². The molecule has 6 heteroatoms. The number of rotatable bonds is 5. The number of aliphatic hydroxyl groups is 1. The molecule has 2 unspecified atom stereocenters. The van der Waals surface area contributed by atoms with Gasteiger partial charge in [0.05, 0.1) is 6.10 Å². The van der Waals surface area contributed by atoms with Crippen molar-refractivity contribution in [2.75, 3.05) is 25.9 Å². The van der Waals surface area contributed by atoms with Gasteiger partial charge in [0.2, 0.25) is 0 Å². The third-order valence-corrected chi connectivity index (χ3v) is 7.26. The van der Waals surface area contributed by atoms with Gasteiger partial charge in [0.1, 0.15) is 0 Å². The van der Waals surface area contributed by atoms with Gasteiger partial charge in [-0.2, -0.15) is 11.8 Å². The van der Waals surface area contributed by atoms with Crippen molar-refractivity contribution in [1.82, 2.24) is 15.5 Å². The number of hydrogen-bond donors (Lipinski definition) is 3. The summed E-state index contributed by atoms with van der Waals surface area (Å²) in [5.41, 5.74) is 0. The zero-order valence-electron chi connectivity index (χ0n) is 14.2. The minimum atomic E-state index is -0.155. The molecule has 5 nitrogen and oxygen atoms in total. The fraction of sp³-hybridized carbons (Fsp3) is 0.941. The lowest BCUT2D eigenvalue weighted by molar-refractivity contribution is 0.00777. The number of nitrogens with zero attached hydrogens (tertiary/aromatic N) is 1. The SMILES string of the molecule is CSC1(CNC(=O)NC2CCN(C3CCCCC3O)CC2)CC1. The van der Waals surface area contributed by atoms with E-state index in [9.17, 15) is 9.90 Å². The summed E-state index contributed by atoms with van der Waals surface area (Å²) in [6.07, 6.45) is 10.9. The number of piperidine rings is 1. The van der Waals surface area contributed by atoms with Gasteiger partial charge in [0.25, 0.3) is 0 Å². The smallest absolute Gasteiger partial charge is 0.315 e. The summed E-state index contributed by atoms with van der Waals surface area (Å²) in [6.45, 7) is 2.76. The fourth-order valence-electron chi connectivity index (χ4n) is 3.96. The Kier molecular flexibility index (Phi) is 5.75. The first-order valence-corrected chi connectivity index (χ1v) is 10.4. The molecule has 0 aromatic rings. The summed E-state index contributed by atoms with van der Waals surface area (Å²) in [4.78, 5) is 14.5. The van der Waals surface area contributed by atoms with E-state index in [4.69, 9.17) is 0 Å². The van der Waals surface area contributed by atoms with E-state index >= 15 is 0 Å². The molecule has 1 aliphatic heterocycles. The van der Waals surface area contributed by atoms with Gasteiger partial charge < -0.3 is 15.7 Å². The van der Waals surface area contributed by atoms with E-state index in [-0.39, 0.29) is 18.2 Å². The zero-order chi connectivity index (χ0) is 16.3. The summed E-state index contributed by atoms with van der Waals surface area (Å²) in [7, 11) is 0. The van der Waals surface area contributed by atoms with Crippen LogP contribution in [0.5, 0.6) is 0 Å². The lowest BCUT2D eigenvalue weighted by Gasteiger charge is -2.41. The quantitative estimate of drug-likeness (QED) is 0.715. The van der Waals surface area contributed by atoms with Gasteiger partial charge in [0.15, 0.2) is 0 Å². The predicted octanol–water partition coefficient (Wildman–Crippen LogP) is 1.95. The summed E-state index contributed by atoms with van der Waals surface area (Å²) in [5.74, 6) is 0. The Morgan fingerprint density at radius 1 is 1.22 bits per heavy atom. The van der Waals surface area contributed by atoms with Crippen molar-refractivity contribution in [3.05, 3.63) is 0 Å². The first-order chi connectivity index (χ1) is 11.1. The fourth-order valence-corrected chi connectivity index (χ4v) is 4.69. The van der Waals surface area contributed by atoms with Crippen molar-refractivity contribution in [3.8, 4) is 0 Å². The average molecular weight is 342 g/mol. The first kappa shape index (κ1) is 17.4. The van der Waals surface area contributed by atoms with Gasteiger partial charge in [-0.3, -0.25) is 4.90 Å². The summed E-state index contributed by atoms with van der Waals surface area (Å²) in [5, 5.41) is 16.4. The van der Waals surface area contributed by atoms with Crippen LogP contribution in [0.2, 0.25) is 0 Å². The molecule has 2 amide bonds. The maximum Gasteiger partial charge on any atom is 0.315 e. The molecule has 2 saturated carbocycles. The maximum atomic E-state index is 12.1. The Morgan fingerprint density at radius 3 is 2.52 bits per heavy atom. The molecule has 0 bridgehead atoms. The van der Waals surface area contributed by atoms with Crippen LogP contribution in [0, 0.1) is 0 Å². The molecule has 2 atom stereocenters. The highest BCUT2D eigenvalue weighted by atomic mass is 32.2. The lowest BCUT2D eigenvalue weighted by atomic mass is 9.89. The summed E-state index contributed by atoms with van der Waals surface area (Å²) >= 11 is 1.87. The van der Waals surface area contributed by atoms with E-state index in [1.54, 1.807) is 0 Å². The highest BCUT2D eigenvalue weighted by Crippen LogP contribution is 2.46. The number of hydrogen-bond acceptors (Lipinski definition) is 4. The van der Waals surface area contributed by atoms with Crippen molar-refractivity contribution < 1.29 is 9.90 Å². The van der Waals surface area contributed by atoms with E-state index in [0.29, 0.717) is 10.8 Å². The zero-order valence-corrected chi connectivity index (χ0v) is 15.0. The van der Waals surface area contributed by atoms with Crippen LogP contribution in [0.3, 0.4) is 0 Å². The van der Waals surface area contributed by atoms with Crippen molar-refractivity contribution >= 4 is 17.8 Å². The van der Waals surface area contributed by atoms with Gasteiger partial charge in [-0.05, 0) is 44.8 Å². The van der Waals surface area contributed by atoms with E-state index in [0.717, 1.165) is 51.7 Å². The summed E-state index contributed by atoms with van der Waals surface area (Å²) < 4.78 is 0.317. The Balaban J connectivity index is 1.36. The number of amides is 2. The van der Waals surface area contributed by atoms with Crippen LogP contribution in [0.4, 0.5) is 4.79 Å². The monoisotopic (exact) mass is 341 g/mol. The van der Waals surface area contributed by atoms with Crippen LogP contribution in [0.25, 0.3) is 0 Å². The first-order valence-electron chi connectivity index (χ1n) is 9.13. The van der Waals surface area contributed by atoms with Gasteiger partial charge in [-0.1, -0.05) is 12.8 Å². The molecule has 3 fully saturated rings. The molecule has 1 heterocycles. The number of carbonyl (C=O) groups excluding carboxylic acids is 1. The largest absolute Gasteiger partial charge is 0.391 e. The van der Waals surface area contributed by atoms with Crippen LogP contribution in [0.15, 0.2) is 0 Å². The Labute approximate surface area is 143 Å². The highest BCUT2D eigenvalue weighted by Gasteiger charge is 2.42. The van der Waals surface area contributed by atoms with Gasteiger partial charge in [-0.15, -0.1) is 0 Å². The van der Waals surface area contributed by atoms with Gasteiger partial charge in [0, 0.05) is 36.5 Å². The molecule has 0 radical (unpaired) electrons. The number of carbonyl (C=O) groups is 1. The Morgan fingerprint density at radius 2 is 1.91 bits per heavy atom. The van der Waals surface area contributed by atoms with Crippen LogP contribution in [0.1, 0.15) is 51.4 Å². The van der Waals surface area contributed by atoms with E-state index in [1.165, 1.54) is 19.3 Å². The lowest BCUT2D eigenvalue weighted by Crippen LogP contribution is -2.53. The number of likely N-dealkylation sites (tertiary alicyclic amines) is 1. The van der Waals surface area contributed by atoms with Crippen molar-refractivity contribution in [2.24, 2.45) is 0 Å². The standard InChI is InChI=1S/C17H31N3O2S/c1-23-17(8-9-17)12-18-16(22)19-13-6-10-20(11-7-13)14-4-2-3-5-15(14)21/h13-15,21H,2-12H2,1H3,(H2,18,19,22). The predicted molar refractivity (Wildman–Crippen MR) is 94.9 cm³/mol. The van der Waals surface area contributed by atoms with E-state index in [1.807, 2.05) is 11.8 Å². The molecule has 0 spiro atoms. The maximum absolute atomic E-state index is 12.1. The normalized spacial score (nSPS) is 31.6. The second-order valence-corrected chi connectivity index (χ2v) is 8.72. The Bertz CT molecular complexity index is 409. The van der Waals surface area contributed by atoms with Crippen molar-refractivity contribution in [3.63, 3.8) is 0 Å². The van der Waals surface area contributed by atoms with Crippen LogP contribution < -0.4 is 10.6 Å². The number of nitrogens with one attached hydrogen (secondary N) is 2. The molecule has 2 aliphatic carbocycles. The van der Waals surface area contributed by atoms with Crippen molar-refractivity contribution in [2.45, 2.75) is 74.3 Å². The molecule has 0 aromatic heterocycles. The van der Waals surface area contributed by atoms with Gasteiger partial charge >= 0.3 is 6.03 Å². The topological polar surface area (TPSA) is 64.6 Å². The number of thioether (sulfide) groups is 1. The van der Waals surface area contributed by atoms with Gasteiger partial charge in [-0.25, -0.2) is 4.79 Å². The van der Waals surface area contributed by atoms with Crippen LogP contribution in [-0.4, -0.2) is 64.9 Å². The van der Waals surface area contributed by atoms with Crippen LogP contribution in [-0.2, 0) is 0 Å². The van der Waals surface area contributed by atoms with Crippen molar-refractivity contribution in [1.29, 1.82) is 0 Å².